The summed E-state index contributed by atoms with van der Waals surface area (Å²) in [5.41, 5.74) is 6.04. The number of benzene rings is 2. The molecule has 0 aromatic heterocycles. The van der Waals surface area contributed by atoms with E-state index in [1.807, 2.05) is 6.07 Å². The van der Waals surface area contributed by atoms with Crippen LogP contribution in [0.5, 0.6) is 11.5 Å². The topological polar surface area (TPSA) is 76.7 Å². The fourth-order valence-electron chi connectivity index (χ4n) is 2.22. The summed E-state index contributed by atoms with van der Waals surface area (Å²) >= 11 is 0. The molecule has 6 nitrogen and oxygen atoms in total. The van der Waals surface area contributed by atoms with Crippen molar-refractivity contribution in [2.24, 2.45) is 0 Å². The van der Waals surface area contributed by atoms with Crippen molar-refractivity contribution in [3.63, 3.8) is 0 Å². The maximum atomic E-state index is 11.9. The van der Waals surface area contributed by atoms with Crippen LogP contribution in [0.15, 0.2) is 48.5 Å². The lowest BCUT2D eigenvalue weighted by atomic mass is 10.1. The molecular weight excluding hydrogens is 296 g/mol. The highest BCUT2D eigenvalue weighted by Crippen LogP contribution is 2.30. The molecule has 0 saturated heterocycles. The molecule has 0 bridgehead atoms. The number of carbonyl (C=O) groups excluding carboxylic acids is 2. The molecule has 3 rings (SSSR count). The van der Waals surface area contributed by atoms with Gasteiger partial charge in [-0.25, -0.2) is 0 Å². The van der Waals surface area contributed by atoms with Gasteiger partial charge in [0.15, 0.2) is 11.5 Å². The summed E-state index contributed by atoms with van der Waals surface area (Å²) in [7, 11) is 0. The number of nitrogens with one attached hydrogen (secondary N) is 2. The molecule has 1 aliphatic heterocycles. The summed E-state index contributed by atoms with van der Waals surface area (Å²) in [4.78, 5) is 23.7. The van der Waals surface area contributed by atoms with E-state index in [1.54, 1.807) is 42.5 Å². The van der Waals surface area contributed by atoms with Crippen molar-refractivity contribution in [3.8, 4) is 11.5 Å². The summed E-state index contributed by atoms with van der Waals surface area (Å²) in [5.74, 6) is 0.639. The Morgan fingerprint density at radius 2 is 1.65 bits per heavy atom. The van der Waals surface area contributed by atoms with E-state index in [0.29, 0.717) is 30.3 Å². The monoisotopic (exact) mass is 312 g/mol. The van der Waals surface area contributed by atoms with E-state index in [4.69, 9.17) is 9.47 Å². The average molecular weight is 312 g/mol. The molecule has 0 saturated carbocycles. The van der Waals surface area contributed by atoms with Gasteiger partial charge in [-0.2, -0.15) is 0 Å². The molecule has 0 spiro atoms. The van der Waals surface area contributed by atoms with Crippen LogP contribution >= 0.6 is 0 Å². The van der Waals surface area contributed by atoms with E-state index in [0.717, 1.165) is 5.56 Å². The number of carbonyl (C=O) groups is 2. The lowest BCUT2D eigenvalue weighted by molar-refractivity contribution is -0.121. The molecule has 0 atom stereocenters. The molecule has 0 radical (unpaired) electrons. The Hall–Kier alpha value is -3.02. The van der Waals surface area contributed by atoms with Crippen LogP contribution in [0.3, 0.4) is 0 Å². The Morgan fingerprint density at radius 3 is 2.43 bits per heavy atom. The zero-order valence-electron chi connectivity index (χ0n) is 12.4. The highest BCUT2D eigenvalue weighted by atomic mass is 16.6. The Labute approximate surface area is 133 Å². The average Bonchev–Trinajstić information content (AvgIpc) is 2.60. The standard InChI is InChI=1S/C17H16N2O4/c20-16(18-19-17(21)13-4-2-1-3-5-13)11-12-6-7-14-15(10-12)23-9-8-22-14/h1-7,10H,8-9,11H2,(H,18,20)(H,19,21). The molecule has 1 aliphatic rings. The van der Waals surface area contributed by atoms with Crippen LogP contribution in [0.2, 0.25) is 0 Å². The molecule has 2 N–H and O–H groups in total. The van der Waals surface area contributed by atoms with Crippen LogP contribution in [0.4, 0.5) is 0 Å². The van der Waals surface area contributed by atoms with Crippen molar-refractivity contribution in [2.45, 2.75) is 6.42 Å². The van der Waals surface area contributed by atoms with Crippen molar-refractivity contribution in [1.82, 2.24) is 10.9 Å². The van der Waals surface area contributed by atoms with Crippen LogP contribution in [0.1, 0.15) is 15.9 Å². The molecule has 1 heterocycles. The van der Waals surface area contributed by atoms with Crippen LogP contribution in [-0.2, 0) is 11.2 Å². The summed E-state index contributed by atoms with van der Waals surface area (Å²) in [5, 5.41) is 0. The number of rotatable bonds is 3. The molecule has 23 heavy (non-hydrogen) atoms. The zero-order chi connectivity index (χ0) is 16.1. The zero-order valence-corrected chi connectivity index (χ0v) is 12.4. The minimum Gasteiger partial charge on any atom is -0.486 e. The van der Waals surface area contributed by atoms with Gasteiger partial charge in [-0.3, -0.25) is 20.4 Å². The van der Waals surface area contributed by atoms with Crippen LogP contribution in [0, 0.1) is 0 Å². The Bertz CT molecular complexity index is 716. The molecule has 6 heteroatoms. The second-order valence-corrected chi connectivity index (χ2v) is 5.02. The summed E-state index contributed by atoms with van der Waals surface area (Å²) < 4.78 is 10.9. The van der Waals surface area contributed by atoms with Crippen molar-refractivity contribution in [3.05, 3.63) is 59.7 Å². The van der Waals surface area contributed by atoms with Gasteiger partial charge in [0.05, 0.1) is 6.42 Å². The lowest BCUT2D eigenvalue weighted by Crippen LogP contribution is -2.42. The fourth-order valence-corrected chi connectivity index (χ4v) is 2.22. The van der Waals surface area contributed by atoms with Gasteiger partial charge in [-0.05, 0) is 29.8 Å². The molecule has 0 fully saturated rings. The van der Waals surface area contributed by atoms with E-state index in [-0.39, 0.29) is 18.2 Å². The predicted molar refractivity (Wildman–Crippen MR) is 83.2 cm³/mol. The molecule has 2 aromatic rings. The van der Waals surface area contributed by atoms with E-state index in [2.05, 4.69) is 10.9 Å². The van der Waals surface area contributed by atoms with Gasteiger partial charge >= 0.3 is 0 Å². The van der Waals surface area contributed by atoms with Gasteiger partial charge in [-0.15, -0.1) is 0 Å². The quantitative estimate of drug-likeness (QED) is 0.841. The molecule has 0 aliphatic carbocycles. The van der Waals surface area contributed by atoms with E-state index < -0.39 is 0 Å². The number of ether oxygens (including phenoxy) is 2. The first-order valence-electron chi connectivity index (χ1n) is 7.25. The second-order valence-electron chi connectivity index (χ2n) is 5.02. The highest BCUT2D eigenvalue weighted by Gasteiger charge is 2.13. The molecule has 2 amide bonds. The van der Waals surface area contributed by atoms with E-state index in [9.17, 15) is 9.59 Å². The molecular formula is C17H16N2O4. The first-order chi connectivity index (χ1) is 11.2. The normalized spacial score (nSPS) is 12.3. The lowest BCUT2D eigenvalue weighted by Gasteiger charge is -2.18. The van der Waals surface area contributed by atoms with Gasteiger partial charge in [0.1, 0.15) is 13.2 Å². The van der Waals surface area contributed by atoms with Gasteiger partial charge in [0.25, 0.3) is 5.91 Å². The van der Waals surface area contributed by atoms with Crippen molar-refractivity contribution >= 4 is 11.8 Å². The first-order valence-corrected chi connectivity index (χ1v) is 7.25. The SMILES string of the molecule is O=C(Cc1ccc2c(c1)OCCO2)NNC(=O)c1ccccc1. The minimum atomic E-state index is -0.360. The third-order valence-electron chi connectivity index (χ3n) is 3.32. The number of hydrogen-bond acceptors (Lipinski definition) is 4. The molecule has 118 valence electrons. The highest BCUT2D eigenvalue weighted by molar-refractivity contribution is 5.95. The summed E-state index contributed by atoms with van der Waals surface area (Å²) in [6, 6.07) is 14.0. The molecule has 2 aromatic carbocycles. The Kier molecular flexibility index (Phi) is 4.42. The summed E-state index contributed by atoms with van der Waals surface area (Å²) in [6.07, 6.45) is 0.131. The van der Waals surface area contributed by atoms with E-state index in [1.165, 1.54) is 0 Å². The maximum absolute atomic E-state index is 11.9. The summed E-state index contributed by atoms with van der Waals surface area (Å²) in [6.45, 7) is 1.02. The number of hydrazine groups is 1. The van der Waals surface area contributed by atoms with E-state index >= 15 is 0 Å². The fraction of sp³-hybridized carbons (Fsp3) is 0.176. The third-order valence-corrected chi connectivity index (χ3v) is 3.32. The van der Waals surface area contributed by atoms with Crippen LogP contribution in [-0.4, -0.2) is 25.0 Å². The largest absolute Gasteiger partial charge is 0.486 e. The van der Waals surface area contributed by atoms with Crippen LogP contribution in [0.25, 0.3) is 0 Å². The van der Waals surface area contributed by atoms with Crippen LogP contribution < -0.4 is 20.3 Å². The van der Waals surface area contributed by atoms with Gasteiger partial charge in [0.2, 0.25) is 5.91 Å². The van der Waals surface area contributed by atoms with Gasteiger partial charge < -0.3 is 9.47 Å². The van der Waals surface area contributed by atoms with Crippen molar-refractivity contribution < 1.29 is 19.1 Å². The second kappa shape index (κ2) is 6.83. The number of hydrogen-bond donors (Lipinski definition) is 2. The number of amides is 2. The first kappa shape index (κ1) is 14.9. The maximum Gasteiger partial charge on any atom is 0.269 e. The number of fused-ring (bicyclic) bond motifs is 1. The minimum absolute atomic E-state index is 0.131. The van der Waals surface area contributed by atoms with Crippen molar-refractivity contribution in [2.75, 3.05) is 13.2 Å². The third kappa shape index (κ3) is 3.79. The van der Waals surface area contributed by atoms with Gasteiger partial charge in [-0.1, -0.05) is 24.3 Å². The molecule has 0 unspecified atom stereocenters. The van der Waals surface area contributed by atoms with Crippen molar-refractivity contribution in [1.29, 1.82) is 0 Å². The Morgan fingerprint density at radius 1 is 0.913 bits per heavy atom. The Balaban J connectivity index is 1.54. The smallest absolute Gasteiger partial charge is 0.269 e. The van der Waals surface area contributed by atoms with Gasteiger partial charge in [0, 0.05) is 5.56 Å². The predicted octanol–water partition coefficient (Wildman–Crippen LogP) is 1.46.